The van der Waals surface area contributed by atoms with E-state index < -0.39 is 6.04 Å². The molecule has 2 aromatic rings. The van der Waals surface area contributed by atoms with E-state index in [-0.39, 0.29) is 24.3 Å². The van der Waals surface area contributed by atoms with Crippen molar-refractivity contribution in [3.63, 3.8) is 0 Å². The van der Waals surface area contributed by atoms with Crippen molar-refractivity contribution in [1.29, 1.82) is 0 Å². The highest BCUT2D eigenvalue weighted by molar-refractivity contribution is 5.95. The molecule has 2 saturated heterocycles. The summed E-state index contributed by atoms with van der Waals surface area (Å²) < 4.78 is 0. The van der Waals surface area contributed by atoms with Gasteiger partial charge in [-0.25, -0.2) is 0 Å². The normalized spacial score (nSPS) is 19.2. The molecule has 2 heterocycles. The highest BCUT2D eigenvalue weighted by atomic mass is 16.2. The highest BCUT2D eigenvalue weighted by Crippen LogP contribution is 2.21. The number of fused-ring (bicyclic) bond motifs is 1. The van der Waals surface area contributed by atoms with Crippen LogP contribution in [0.4, 0.5) is 0 Å². The summed E-state index contributed by atoms with van der Waals surface area (Å²) in [6.45, 7) is 1.99. The molecule has 6 nitrogen and oxygen atoms in total. The molecule has 2 fully saturated rings. The fourth-order valence-corrected chi connectivity index (χ4v) is 4.46. The Morgan fingerprint density at radius 1 is 0.871 bits per heavy atom. The maximum Gasteiger partial charge on any atom is 0.246 e. The van der Waals surface area contributed by atoms with Crippen molar-refractivity contribution in [2.45, 2.75) is 38.3 Å². The maximum absolute atomic E-state index is 13.1. The topological polar surface area (TPSA) is 60.9 Å². The van der Waals surface area contributed by atoms with Gasteiger partial charge >= 0.3 is 0 Å². The first-order valence-electron chi connectivity index (χ1n) is 11.1. The lowest BCUT2D eigenvalue weighted by molar-refractivity contribution is -0.156. The highest BCUT2D eigenvalue weighted by Gasteiger charge is 2.40. The van der Waals surface area contributed by atoms with Crippen LogP contribution in [0.15, 0.2) is 60.7 Å². The van der Waals surface area contributed by atoms with Crippen LogP contribution in [0.1, 0.15) is 30.4 Å². The van der Waals surface area contributed by atoms with Crippen molar-refractivity contribution in [3.05, 3.63) is 71.8 Å². The number of amides is 3. The Morgan fingerprint density at radius 2 is 1.55 bits per heavy atom. The first-order valence-corrected chi connectivity index (χ1v) is 11.1. The lowest BCUT2D eigenvalue weighted by Gasteiger charge is -2.39. The number of piperazine rings is 1. The van der Waals surface area contributed by atoms with Gasteiger partial charge in [0, 0.05) is 32.6 Å². The van der Waals surface area contributed by atoms with Crippen LogP contribution in [0.2, 0.25) is 0 Å². The number of rotatable bonds is 6. The molecule has 0 saturated carbocycles. The number of benzene rings is 2. The Morgan fingerprint density at radius 3 is 2.26 bits per heavy atom. The number of hydrogen-bond donors (Lipinski definition) is 0. The van der Waals surface area contributed by atoms with Gasteiger partial charge in [-0.1, -0.05) is 60.7 Å². The second-order valence-corrected chi connectivity index (χ2v) is 8.29. The predicted octanol–water partition coefficient (Wildman–Crippen LogP) is 2.48. The van der Waals surface area contributed by atoms with Crippen molar-refractivity contribution >= 4 is 17.7 Å². The van der Waals surface area contributed by atoms with Crippen LogP contribution in [0.5, 0.6) is 0 Å². The van der Waals surface area contributed by atoms with Gasteiger partial charge in [0.2, 0.25) is 17.7 Å². The van der Waals surface area contributed by atoms with Gasteiger partial charge in [-0.3, -0.25) is 14.4 Å². The molecule has 0 aliphatic carbocycles. The first-order chi connectivity index (χ1) is 15.1. The van der Waals surface area contributed by atoms with Gasteiger partial charge in [-0.15, -0.1) is 0 Å². The molecule has 0 bridgehead atoms. The summed E-state index contributed by atoms with van der Waals surface area (Å²) in [6, 6.07) is 19.4. The van der Waals surface area contributed by atoms with Crippen molar-refractivity contribution in [3.8, 4) is 0 Å². The molecule has 0 spiro atoms. The smallest absolute Gasteiger partial charge is 0.246 e. The average Bonchev–Trinajstić information content (AvgIpc) is 3.02. The van der Waals surface area contributed by atoms with E-state index in [1.807, 2.05) is 53.4 Å². The second-order valence-electron chi connectivity index (χ2n) is 8.29. The van der Waals surface area contributed by atoms with E-state index in [0.29, 0.717) is 39.0 Å². The molecule has 1 atom stereocenters. The molecule has 0 aromatic heterocycles. The number of carbonyl (C=O) groups excluding carboxylic acids is 3. The first kappa shape index (κ1) is 21.1. The fraction of sp³-hybridized carbons (Fsp3) is 0.400. The van der Waals surface area contributed by atoms with Crippen LogP contribution in [-0.4, -0.2) is 64.6 Å². The van der Waals surface area contributed by atoms with E-state index in [9.17, 15) is 14.4 Å². The zero-order valence-electron chi connectivity index (χ0n) is 17.8. The molecular weight excluding hydrogens is 390 g/mol. The molecule has 2 aromatic carbocycles. The molecule has 162 valence electrons. The van der Waals surface area contributed by atoms with Crippen LogP contribution in [-0.2, 0) is 27.3 Å². The zero-order chi connectivity index (χ0) is 21.6. The molecule has 31 heavy (non-hydrogen) atoms. The van der Waals surface area contributed by atoms with E-state index in [1.54, 1.807) is 9.80 Å². The third-order valence-electron chi connectivity index (χ3n) is 6.17. The lowest BCUT2D eigenvalue weighted by Crippen LogP contribution is -2.59. The summed E-state index contributed by atoms with van der Waals surface area (Å²) in [6.07, 6.45) is 2.66. The second kappa shape index (κ2) is 9.77. The van der Waals surface area contributed by atoms with Gasteiger partial charge in [0.1, 0.15) is 12.6 Å². The van der Waals surface area contributed by atoms with E-state index in [2.05, 4.69) is 12.1 Å². The molecule has 4 rings (SSSR count). The van der Waals surface area contributed by atoms with Gasteiger partial charge < -0.3 is 14.7 Å². The Labute approximate surface area is 183 Å². The minimum Gasteiger partial charge on any atom is -0.341 e. The Hall–Kier alpha value is -3.15. The van der Waals surface area contributed by atoms with Crippen molar-refractivity contribution in [1.82, 2.24) is 14.7 Å². The molecule has 3 amide bonds. The van der Waals surface area contributed by atoms with E-state index in [1.165, 1.54) is 5.56 Å². The van der Waals surface area contributed by atoms with Gasteiger partial charge in [0.15, 0.2) is 0 Å². The minimum absolute atomic E-state index is 0.0122. The predicted molar refractivity (Wildman–Crippen MR) is 118 cm³/mol. The molecule has 0 radical (unpaired) electrons. The van der Waals surface area contributed by atoms with E-state index in [0.717, 1.165) is 18.4 Å². The quantitative estimate of drug-likeness (QED) is 0.723. The third kappa shape index (κ3) is 5.13. The van der Waals surface area contributed by atoms with Gasteiger partial charge in [-0.05, 0) is 30.4 Å². The van der Waals surface area contributed by atoms with E-state index in [4.69, 9.17) is 0 Å². The van der Waals surface area contributed by atoms with Crippen LogP contribution in [0.3, 0.4) is 0 Å². The zero-order valence-corrected chi connectivity index (χ0v) is 17.8. The fourth-order valence-electron chi connectivity index (χ4n) is 4.46. The Bertz CT molecular complexity index is 916. The van der Waals surface area contributed by atoms with Gasteiger partial charge in [0.25, 0.3) is 0 Å². The standard InChI is InChI=1S/C25H29N3O3/c29-23(13-7-12-20-8-3-1-4-9-20)26-15-14-22-25(31)27(18-21-10-5-2-6-11-21)19-24(30)28(22)17-16-26/h1-6,8-11,22H,7,12-19H2. The SMILES string of the molecule is O=C(CCCc1ccccc1)N1CCC2C(=O)N(Cc3ccccc3)CC(=O)N2CC1. The van der Waals surface area contributed by atoms with E-state index >= 15 is 0 Å². The molecule has 0 N–H and O–H groups in total. The van der Waals surface area contributed by atoms with Crippen molar-refractivity contribution < 1.29 is 14.4 Å². The van der Waals surface area contributed by atoms with Crippen molar-refractivity contribution in [2.24, 2.45) is 0 Å². The molecule has 2 aliphatic rings. The summed E-state index contributed by atoms with van der Waals surface area (Å²) >= 11 is 0. The number of nitrogens with zero attached hydrogens (tertiary/aromatic N) is 3. The molecule has 6 heteroatoms. The number of carbonyl (C=O) groups is 3. The number of hydrogen-bond acceptors (Lipinski definition) is 3. The summed E-state index contributed by atoms with van der Waals surface area (Å²) in [5.41, 5.74) is 2.25. The van der Waals surface area contributed by atoms with Crippen LogP contribution < -0.4 is 0 Å². The Kier molecular flexibility index (Phi) is 6.65. The van der Waals surface area contributed by atoms with Crippen LogP contribution in [0, 0.1) is 0 Å². The van der Waals surface area contributed by atoms with Gasteiger partial charge in [0.05, 0.1) is 0 Å². The summed E-state index contributed by atoms with van der Waals surface area (Å²) in [4.78, 5) is 43.8. The monoisotopic (exact) mass is 419 g/mol. The minimum atomic E-state index is -0.466. The molecular formula is C25H29N3O3. The molecule has 1 unspecified atom stereocenters. The largest absolute Gasteiger partial charge is 0.341 e. The average molecular weight is 420 g/mol. The third-order valence-corrected chi connectivity index (χ3v) is 6.17. The molecule has 2 aliphatic heterocycles. The maximum atomic E-state index is 13.1. The number of aryl methyl sites for hydroxylation is 1. The summed E-state index contributed by atoms with van der Waals surface area (Å²) in [5.74, 6) is 0.0672. The van der Waals surface area contributed by atoms with Crippen LogP contribution in [0.25, 0.3) is 0 Å². The van der Waals surface area contributed by atoms with Crippen LogP contribution >= 0.6 is 0 Å². The Balaban J connectivity index is 1.33. The lowest BCUT2D eigenvalue weighted by atomic mass is 10.1. The summed E-state index contributed by atoms with van der Waals surface area (Å²) in [5, 5.41) is 0. The van der Waals surface area contributed by atoms with Crippen molar-refractivity contribution in [2.75, 3.05) is 26.2 Å². The van der Waals surface area contributed by atoms with Gasteiger partial charge in [-0.2, -0.15) is 0 Å². The summed E-state index contributed by atoms with van der Waals surface area (Å²) in [7, 11) is 0.